The Morgan fingerprint density at radius 3 is 2.31 bits per heavy atom. The fourth-order valence-electron chi connectivity index (χ4n) is 3.96. The summed E-state index contributed by atoms with van der Waals surface area (Å²) in [6.45, 7) is 0.335. The van der Waals surface area contributed by atoms with Crippen molar-refractivity contribution in [1.82, 2.24) is 25.6 Å². The predicted octanol–water partition coefficient (Wildman–Crippen LogP) is 1.27. The van der Waals surface area contributed by atoms with E-state index in [0.29, 0.717) is 5.69 Å². The number of nitrogens with zero attached hydrogens (tertiary/aromatic N) is 3. The molecule has 35 heavy (non-hydrogen) atoms. The van der Waals surface area contributed by atoms with Crippen molar-refractivity contribution < 1.29 is 29.3 Å². The highest BCUT2D eigenvalue weighted by Crippen LogP contribution is 2.44. The summed E-state index contributed by atoms with van der Waals surface area (Å²) >= 11 is 0. The first-order valence-electron chi connectivity index (χ1n) is 10.9. The average Bonchev–Trinajstić information content (AvgIpc) is 3.43. The minimum Gasteiger partial charge on any atom is -0.479 e. The third-order valence-electron chi connectivity index (χ3n) is 5.85. The molecule has 4 rings (SSSR count). The smallest absolute Gasteiger partial charge is 0.407 e. The van der Waals surface area contributed by atoms with E-state index in [1.807, 2.05) is 36.4 Å². The summed E-state index contributed by atoms with van der Waals surface area (Å²) in [5.41, 5.74) is 3.09. The monoisotopic (exact) mass is 479 g/mol. The van der Waals surface area contributed by atoms with E-state index in [0.717, 1.165) is 22.3 Å². The largest absolute Gasteiger partial charge is 0.479 e. The van der Waals surface area contributed by atoms with Gasteiger partial charge in [-0.1, -0.05) is 53.7 Å². The molecule has 0 saturated carbocycles. The van der Waals surface area contributed by atoms with Gasteiger partial charge in [-0.05, 0) is 29.2 Å². The zero-order valence-corrected chi connectivity index (χ0v) is 19.0. The number of fused-ring (bicyclic) bond motifs is 3. The van der Waals surface area contributed by atoms with Gasteiger partial charge in [0.05, 0.1) is 19.3 Å². The van der Waals surface area contributed by atoms with Crippen LogP contribution in [0.15, 0.2) is 54.7 Å². The maximum atomic E-state index is 12.3. The summed E-state index contributed by atoms with van der Waals surface area (Å²) in [5.74, 6) is -2.08. The Labute approximate surface area is 200 Å². The molecule has 1 heterocycles. The predicted molar refractivity (Wildman–Crippen MR) is 123 cm³/mol. The van der Waals surface area contributed by atoms with Crippen LogP contribution in [-0.4, -0.2) is 61.9 Å². The lowest BCUT2D eigenvalue weighted by Gasteiger charge is -2.23. The van der Waals surface area contributed by atoms with Crippen LogP contribution in [0, 0.1) is 0 Å². The number of carbonyl (C=O) groups excluding carboxylic acids is 2. The molecule has 0 radical (unpaired) electrons. The lowest BCUT2D eigenvalue weighted by Crippen LogP contribution is -2.55. The first kappa shape index (κ1) is 23.9. The number of carbonyl (C=O) groups is 3. The molecule has 0 fully saturated rings. The van der Waals surface area contributed by atoms with Crippen molar-refractivity contribution in [2.24, 2.45) is 0 Å². The summed E-state index contributed by atoms with van der Waals surface area (Å²) in [5, 5.41) is 30.9. The van der Waals surface area contributed by atoms with Crippen molar-refractivity contribution in [2.45, 2.75) is 31.5 Å². The van der Waals surface area contributed by atoms with Gasteiger partial charge in [0.25, 0.3) is 0 Å². The fourth-order valence-corrected chi connectivity index (χ4v) is 3.96. The number of nitrogens with one attached hydrogen (secondary N) is 2. The Kier molecular flexibility index (Phi) is 6.78. The Bertz CT molecular complexity index is 1210. The molecule has 0 aliphatic heterocycles. The van der Waals surface area contributed by atoms with E-state index in [1.165, 1.54) is 17.8 Å². The van der Waals surface area contributed by atoms with Gasteiger partial charge >= 0.3 is 12.1 Å². The molecule has 2 amide bonds. The third-order valence-corrected chi connectivity index (χ3v) is 5.85. The quantitative estimate of drug-likeness (QED) is 0.358. The van der Waals surface area contributed by atoms with Gasteiger partial charge in [0.2, 0.25) is 5.91 Å². The fraction of sp³-hybridized carbons (Fsp3) is 0.292. The summed E-state index contributed by atoms with van der Waals surface area (Å²) in [6, 6.07) is 16.1. The van der Waals surface area contributed by atoms with Crippen LogP contribution in [0.1, 0.15) is 29.7 Å². The van der Waals surface area contributed by atoms with Crippen LogP contribution in [0.4, 0.5) is 4.79 Å². The molecule has 1 unspecified atom stereocenters. The molecule has 0 spiro atoms. The summed E-state index contributed by atoms with van der Waals surface area (Å²) < 4.78 is 6.67. The van der Waals surface area contributed by atoms with Crippen LogP contribution in [0.5, 0.6) is 0 Å². The molecular formula is C24H25N5O6. The van der Waals surface area contributed by atoms with Crippen molar-refractivity contribution in [2.75, 3.05) is 13.2 Å². The number of carboxylic acids is 1. The highest BCUT2D eigenvalue weighted by Gasteiger charge is 2.34. The van der Waals surface area contributed by atoms with Crippen LogP contribution >= 0.6 is 0 Å². The maximum Gasteiger partial charge on any atom is 0.407 e. The number of amides is 2. The van der Waals surface area contributed by atoms with Crippen LogP contribution in [0.2, 0.25) is 0 Å². The van der Waals surface area contributed by atoms with E-state index in [2.05, 4.69) is 33.1 Å². The number of benzene rings is 2. The number of hydrogen-bond acceptors (Lipinski definition) is 7. The number of aromatic nitrogens is 3. The zero-order chi connectivity index (χ0) is 25.0. The number of aliphatic carboxylic acids is 1. The normalized spacial score (nSPS) is 13.9. The van der Waals surface area contributed by atoms with E-state index < -0.39 is 30.1 Å². The molecule has 1 aliphatic carbocycles. The molecule has 11 heteroatoms. The number of rotatable bonds is 9. The Morgan fingerprint density at radius 1 is 1.09 bits per heavy atom. The highest BCUT2D eigenvalue weighted by molar-refractivity contribution is 5.86. The van der Waals surface area contributed by atoms with Crippen LogP contribution in [0.25, 0.3) is 11.1 Å². The molecule has 1 atom stereocenters. The van der Waals surface area contributed by atoms with Crippen molar-refractivity contribution in [3.63, 3.8) is 0 Å². The zero-order valence-electron chi connectivity index (χ0n) is 19.0. The maximum absolute atomic E-state index is 12.3. The second kappa shape index (κ2) is 9.94. The number of aliphatic hydroxyl groups is 1. The van der Waals surface area contributed by atoms with Gasteiger partial charge in [0.1, 0.15) is 18.8 Å². The van der Waals surface area contributed by atoms with E-state index in [4.69, 9.17) is 9.84 Å². The standard InChI is InChI=1S/C24H25N5O6/c1-24(14-30,22(32)33)26-21(31)12-29-11-15(27-28-29)10-25-23(34)35-13-20-18-8-4-2-6-16(18)17-7-3-5-9-19(17)20/h2-9,11,20,30H,10,12-14H2,1H3,(H,25,34)(H,26,31)(H,32,33). The number of carboxylic acid groups (broad SMARTS) is 1. The average molecular weight is 479 g/mol. The van der Waals surface area contributed by atoms with Gasteiger partial charge in [0, 0.05) is 5.92 Å². The van der Waals surface area contributed by atoms with E-state index >= 15 is 0 Å². The Hall–Kier alpha value is -4.25. The summed E-state index contributed by atoms with van der Waals surface area (Å²) in [7, 11) is 0. The lowest BCUT2D eigenvalue weighted by atomic mass is 9.98. The summed E-state index contributed by atoms with van der Waals surface area (Å²) in [4.78, 5) is 35.6. The second-order valence-corrected chi connectivity index (χ2v) is 8.43. The number of ether oxygens (including phenoxy) is 1. The Morgan fingerprint density at radius 2 is 1.71 bits per heavy atom. The third kappa shape index (κ3) is 5.14. The topological polar surface area (TPSA) is 156 Å². The van der Waals surface area contributed by atoms with Crippen molar-refractivity contribution in [3.8, 4) is 11.1 Å². The van der Waals surface area contributed by atoms with Gasteiger partial charge < -0.3 is 25.6 Å². The molecule has 0 saturated heterocycles. The lowest BCUT2D eigenvalue weighted by molar-refractivity contribution is -0.148. The second-order valence-electron chi connectivity index (χ2n) is 8.43. The van der Waals surface area contributed by atoms with Crippen LogP contribution in [0.3, 0.4) is 0 Å². The van der Waals surface area contributed by atoms with Gasteiger partial charge in [-0.3, -0.25) is 4.79 Å². The minimum atomic E-state index is -1.80. The van der Waals surface area contributed by atoms with E-state index in [9.17, 15) is 19.5 Å². The molecule has 0 bridgehead atoms. The van der Waals surface area contributed by atoms with E-state index in [-0.39, 0.29) is 25.6 Å². The van der Waals surface area contributed by atoms with Crippen molar-refractivity contribution >= 4 is 18.0 Å². The molecule has 11 nitrogen and oxygen atoms in total. The minimum absolute atomic E-state index is 0.0295. The molecule has 1 aromatic heterocycles. The van der Waals surface area contributed by atoms with Crippen molar-refractivity contribution in [3.05, 3.63) is 71.5 Å². The molecule has 1 aliphatic rings. The summed E-state index contributed by atoms with van der Waals surface area (Å²) in [6.07, 6.45) is 0.833. The SMILES string of the molecule is CC(CO)(NC(=O)Cn1cc(CNC(=O)OCC2c3ccccc3-c3ccccc32)nn1)C(=O)O. The number of alkyl carbamates (subject to hydrolysis) is 1. The van der Waals surface area contributed by atoms with E-state index in [1.54, 1.807) is 0 Å². The van der Waals surface area contributed by atoms with Gasteiger partial charge in [0.15, 0.2) is 5.54 Å². The molecule has 2 aromatic carbocycles. The van der Waals surface area contributed by atoms with Gasteiger partial charge in [-0.15, -0.1) is 5.10 Å². The van der Waals surface area contributed by atoms with Gasteiger partial charge in [-0.2, -0.15) is 0 Å². The molecule has 182 valence electrons. The molecule has 4 N–H and O–H groups in total. The molecule has 3 aromatic rings. The Balaban J connectivity index is 1.28. The van der Waals surface area contributed by atoms with Crippen LogP contribution in [-0.2, 0) is 27.4 Å². The highest BCUT2D eigenvalue weighted by atomic mass is 16.5. The van der Waals surface area contributed by atoms with Crippen LogP contribution < -0.4 is 10.6 Å². The van der Waals surface area contributed by atoms with Crippen molar-refractivity contribution in [1.29, 1.82) is 0 Å². The van der Waals surface area contributed by atoms with Gasteiger partial charge in [-0.25, -0.2) is 14.3 Å². The number of aliphatic hydroxyl groups excluding tert-OH is 1. The molecular weight excluding hydrogens is 454 g/mol. The first-order valence-corrected chi connectivity index (χ1v) is 10.9. The first-order chi connectivity index (χ1) is 16.8. The number of hydrogen-bond donors (Lipinski definition) is 4.